The fourth-order valence-electron chi connectivity index (χ4n) is 2.30. The van der Waals surface area contributed by atoms with Gasteiger partial charge < -0.3 is 9.47 Å². The first-order valence-corrected chi connectivity index (χ1v) is 6.09. The molecule has 3 fully saturated rings. The first-order valence-electron chi connectivity index (χ1n) is 5.34. The summed E-state index contributed by atoms with van der Waals surface area (Å²) in [4.78, 5) is 24.4. The third kappa shape index (κ3) is 1.61. The minimum absolute atomic E-state index is 0.00992. The molecule has 0 saturated carbocycles. The van der Waals surface area contributed by atoms with Gasteiger partial charge in [-0.2, -0.15) is 0 Å². The summed E-state index contributed by atoms with van der Waals surface area (Å²) in [7, 11) is 0. The Bertz CT molecular complexity index is 421. The summed E-state index contributed by atoms with van der Waals surface area (Å²) in [6, 6.07) is -0.748. The second-order valence-corrected chi connectivity index (χ2v) is 5.74. The predicted octanol–water partition coefficient (Wildman–Crippen LogP) is 0.522. The van der Waals surface area contributed by atoms with E-state index in [0.717, 1.165) is 4.90 Å². The number of carbonyl (C=O) groups is 2. The Balaban J connectivity index is 1.96. The van der Waals surface area contributed by atoms with Crippen LogP contribution in [0.5, 0.6) is 0 Å². The monoisotopic (exact) mass is 298 g/mol. The van der Waals surface area contributed by atoms with Crippen LogP contribution in [0, 0.1) is 0 Å². The number of halogens is 3. The minimum Gasteiger partial charge on any atom is -0.352 e. The zero-order valence-corrected chi connectivity index (χ0v) is 10.4. The van der Waals surface area contributed by atoms with Crippen LogP contribution in [-0.4, -0.2) is 52.5 Å². The van der Waals surface area contributed by atoms with Crippen LogP contribution in [0.25, 0.3) is 0 Å². The number of imide groups is 1. The number of nitrogens with zero attached hydrogens (tertiary/aromatic N) is 1. The maximum absolute atomic E-state index is 13.5. The molecule has 9 heteroatoms. The number of ether oxygens (including phenoxy) is 2. The highest BCUT2D eigenvalue weighted by Gasteiger charge is 2.59. The van der Waals surface area contributed by atoms with Crippen molar-refractivity contribution in [3.8, 4) is 0 Å². The van der Waals surface area contributed by atoms with E-state index in [4.69, 9.17) is 32.7 Å². The molecule has 4 atom stereocenters. The van der Waals surface area contributed by atoms with Crippen LogP contribution >= 0.6 is 23.2 Å². The topological polar surface area (TPSA) is 67.9 Å². The van der Waals surface area contributed by atoms with Crippen molar-refractivity contribution in [1.29, 1.82) is 0 Å². The molecule has 0 spiro atoms. The molecule has 3 saturated heterocycles. The largest absolute Gasteiger partial charge is 0.352 e. The van der Waals surface area contributed by atoms with Gasteiger partial charge in [0.25, 0.3) is 5.91 Å². The lowest BCUT2D eigenvalue weighted by atomic mass is 10.1. The van der Waals surface area contributed by atoms with Crippen LogP contribution in [0.3, 0.4) is 0 Å². The van der Waals surface area contributed by atoms with Crippen LogP contribution in [0.4, 0.5) is 9.18 Å². The Kier molecular flexibility index (Phi) is 2.71. The molecule has 1 N–H and O–H groups in total. The van der Waals surface area contributed by atoms with E-state index in [1.807, 2.05) is 5.32 Å². The lowest BCUT2D eigenvalue weighted by molar-refractivity contribution is -0.136. The van der Waals surface area contributed by atoms with Crippen molar-refractivity contribution in [3.05, 3.63) is 0 Å². The van der Waals surface area contributed by atoms with Crippen molar-refractivity contribution in [3.63, 3.8) is 0 Å². The van der Waals surface area contributed by atoms with Crippen LogP contribution in [0.1, 0.15) is 6.42 Å². The third-order valence-corrected chi connectivity index (χ3v) is 3.93. The van der Waals surface area contributed by atoms with Gasteiger partial charge in [0.15, 0.2) is 6.23 Å². The van der Waals surface area contributed by atoms with Crippen LogP contribution in [0.2, 0.25) is 0 Å². The van der Waals surface area contributed by atoms with Crippen LogP contribution in [-0.2, 0) is 14.3 Å². The normalized spacial score (nSPS) is 42.3. The summed E-state index contributed by atoms with van der Waals surface area (Å²) >= 11 is 11.8. The number of alkyl halides is 3. The second-order valence-electron chi connectivity index (χ2n) is 4.36. The van der Waals surface area contributed by atoms with E-state index in [1.54, 1.807) is 0 Å². The summed E-state index contributed by atoms with van der Waals surface area (Å²) in [5.74, 6) is -0.855. The number of nitrogens with one attached hydrogen (secondary N) is 1. The van der Waals surface area contributed by atoms with Gasteiger partial charge in [-0.1, -0.05) is 23.2 Å². The summed E-state index contributed by atoms with van der Waals surface area (Å²) in [6.45, 7) is -0.111. The molecule has 100 valence electrons. The highest BCUT2D eigenvalue weighted by Crippen LogP contribution is 2.40. The zero-order valence-electron chi connectivity index (χ0n) is 8.94. The first-order chi connectivity index (χ1) is 8.41. The van der Waals surface area contributed by atoms with E-state index in [1.165, 1.54) is 0 Å². The Labute approximate surface area is 111 Å². The molecule has 2 bridgehead atoms. The second kappa shape index (κ2) is 3.93. The molecular weight excluding hydrogens is 290 g/mol. The molecule has 4 unspecified atom stereocenters. The van der Waals surface area contributed by atoms with Crippen LogP contribution in [0.15, 0.2) is 0 Å². The third-order valence-electron chi connectivity index (χ3n) is 3.21. The van der Waals surface area contributed by atoms with Gasteiger partial charge in [-0.05, 0) is 0 Å². The molecular formula is C9H9Cl2FN2O4. The van der Waals surface area contributed by atoms with Crippen molar-refractivity contribution in [2.45, 2.75) is 35.5 Å². The SMILES string of the molecule is O=C1NC(=O)C(Cl)(Cl)C2OCC3OC(CC3F)N12. The predicted molar refractivity (Wildman–Crippen MR) is 57.7 cm³/mol. The Morgan fingerprint density at radius 2 is 2.17 bits per heavy atom. The van der Waals surface area contributed by atoms with E-state index < -0.39 is 41.0 Å². The summed E-state index contributed by atoms with van der Waals surface area (Å²) in [5, 5.41) is 2.00. The number of rotatable bonds is 0. The van der Waals surface area contributed by atoms with Gasteiger partial charge in [-0.3, -0.25) is 15.0 Å². The molecule has 0 aromatic carbocycles. The molecule has 3 amide bonds. The van der Waals surface area contributed by atoms with Gasteiger partial charge in [-0.25, -0.2) is 9.18 Å². The Morgan fingerprint density at radius 3 is 2.89 bits per heavy atom. The first kappa shape index (κ1) is 12.4. The van der Waals surface area contributed by atoms with Gasteiger partial charge in [-0.15, -0.1) is 0 Å². The Morgan fingerprint density at radius 1 is 1.44 bits per heavy atom. The minimum atomic E-state index is -1.94. The van der Waals surface area contributed by atoms with E-state index in [0.29, 0.717) is 0 Å². The molecule has 18 heavy (non-hydrogen) atoms. The maximum Gasteiger partial charge on any atom is 0.328 e. The van der Waals surface area contributed by atoms with Gasteiger partial charge >= 0.3 is 6.03 Å². The summed E-state index contributed by atoms with van der Waals surface area (Å²) in [5.41, 5.74) is 0. The maximum atomic E-state index is 13.5. The van der Waals surface area contributed by atoms with Gasteiger partial charge in [0.1, 0.15) is 18.5 Å². The molecule has 0 aliphatic carbocycles. The highest BCUT2D eigenvalue weighted by molar-refractivity contribution is 6.59. The molecule has 3 rings (SSSR count). The van der Waals surface area contributed by atoms with E-state index in [2.05, 4.69) is 0 Å². The van der Waals surface area contributed by atoms with E-state index in [-0.39, 0.29) is 13.0 Å². The highest BCUT2D eigenvalue weighted by atomic mass is 35.5. The molecule has 0 radical (unpaired) electrons. The molecule has 3 aliphatic rings. The molecule has 0 aromatic heterocycles. The number of fused-ring (bicyclic) bond motifs is 4. The average molecular weight is 299 g/mol. The van der Waals surface area contributed by atoms with Crippen molar-refractivity contribution in [2.24, 2.45) is 0 Å². The van der Waals surface area contributed by atoms with Gasteiger partial charge in [0, 0.05) is 6.42 Å². The molecule has 0 aromatic rings. The van der Waals surface area contributed by atoms with Crippen molar-refractivity contribution >= 4 is 35.1 Å². The number of carbonyl (C=O) groups excluding carboxylic acids is 2. The lowest BCUT2D eigenvalue weighted by Crippen LogP contribution is -2.68. The van der Waals surface area contributed by atoms with E-state index in [9.17, 15) is 14.0 Å². The summed E-state index contributed by atoms with van der Waals surface area (Å²) in [6.07, 6.45) is -3.99. The molecule has 6 nitrogen and oxygen atoms in total. The number of hydrogen-bond acceptors (Lipinski definition) is 4. The van der Waals surface area contributed by atoms with E-state index >= 15 is 0 Å². The smallest absolute Gasteiger partial charge is 0.328 e. The van der Waals surface area contributed by atoms with Gasteiger partial charge in [0.05, 0.1) is 6.61 Å². The van der Waals surface area contributed by atoms with Gasteiger partial charge in [0.2, 0.25) is 4.33 Å². The van der Waals surface area contributed by atoms with Crippen LogP contribution < -0.4 is 5.32 Å². The fourth-order valence-corrected chi connectivity index (χ4v) is 2.73. The van der Waals surface area contributed by atoms with Crippen molar-refractivity contribution in [1.82, 2.24) is 10.2 Å². The number of amides is 3. The summed E-state index contributed by atoms with van der Waals surface area (Å²) < 4.78 is 22.2. The number of urea groups is 1. The zero-order chi connectivity index (χ0) is 13.1. The molecule has 3 aliphatic heterocycles. The van der Waals surface area contributed by atoms with Crippen molar-refractivity contribution in [2.75, 3.05) is 6.61 Å². The fraction of sp³-hybridized carbons (Fsp3) is 0.778. The molecule has 3 heterocycles. The quantitative estimate of drug-likeness (QED) is 0.662. The average Bonchev–Trinajstić information content (AvgIpc) is 2.52. The Hall–Kier alpha value is -0.630. The number of hydrogen-bond donors (Lipinski definition) is 1. The standard InChI is InChI=1S/C9H9Cl2FN2O4/c10-9(11)6(15)13-8(16)14-5-1-3(12)4(18-5)2-17-7(9)14/h3-5,7H,1-2H2,(H,13,15,16). The van der Waals surface area contributed by atoms with Crippen molar-refractivity contribution < 1.29 is 23.5 Å². The lowest BCUT2D eigenvalue weighted by Gasteiger charge is -2.42.